The van der Waals surface area contributed by atoms with E-state index < -0.39 is 0 Å². The van der Waals surface area contributed by atoms with Crippen molar-refractivity contribution in [2.75, 3.05) is 5.73 Å². The van der Waals surface area contributed by atoms with E-state index in [1.807, 2.05) is 36.4 Å². The molecule has 1 heterocycles. The standard InChI is InChI=1S/C14H12N2O/c1-8(17)10-3-2-4-11-12-7-9(15)5-6-13(12)16-14(10)11/h2-7,10H,15H2,1H3. The minimum atomic E-state index is -0.219. The van der Waals surface area contributed by atoms with Gasteiger partial charge in [-0.05, 0) is 25.1 Å². The number of nitrogens with zero attached hydrogens (tertiary/aromatic N) is 1. The van der Waals surface area contributed by atoms with Crippen LogP contribution in [0.25, 0.3) is 5.57 Å². The zero-order valence-corrected chi connectivity index (χ0v) is 9.47. The van der Waals surface area contributed by atoms with Crippen LogP contribution >= 0.6 is 0 Å². The van der Waals surface area contributed by atoms with Crippen molar-refractivity contribution in [2.45, 2.75) is 6.92 Å². The third-order valence-electron chi connectivity index (χ3n) is 3.13. The van der Waals surface area contributed by atoms with E-state index in [1.54, 1.807) is 6.92 Å². The van der Waals surface area contributed by atoms with Crippen LogP contribution in [0.5, 0.6) is 0 Å². The molecule has 0 saturated heterocycles. The number of carbonyl (C=O) groups excluding carboxylic acids is 1. The van der Waals surface area contributed by atoms with E-state index in [0.29, 0.717) is 0 Å². The fourth-order valence-corrected chi connectivity index (χ4v) is 2.29. The van der Waals surface area contributed by atoms with Crippen molar-refractivity contribution in [3.8, 4) is 0 Å². The smallest absolute Gasteiger partial charge is 0.142 e. The number of carbonyl (C=O) groups is 1. The molecule has 0 spiro atoms. The number of Topliss-reactive ketones (excluding diaryl/α,β-unsaturated/α-hetero) is 1. The number of nitrogens with two attached hydrogens (primary N) is 1. The Labute approximate surface area is 99.4 Å². The van der Waals surface area contributed by atoms with Gasteiger partial charge in [0.25, 0.3) is 0 Å². The molecule has 1 unspecified atom stereocenters. The van der Waals surface area contributed by atoms with E-state index >= 15 is 0 Å². The molecule has 0 fully saturated rings. The Kier molecular flexibility index (Phi) is 2.01. The fourth-order valence-electron chi connectivity index (χ4n) is 2.29. The van der Waals surface area contributed by atoms with E-state index in [2.05, 4.69) is 4.99 Å². The topological polar surface area (TPSA) is 55.5 Å². The summed E-state index contributed by atoms with van der Waals surface area (Å²) in [5, 5.41) is 0. The maximum atomic E-state index is 11.6. The highest BCUT2D eigenvalue weighted by molar-refractivity contribution is 6.35. The Balaban J connectivity index is 2.16. The molecule has 3 heteroatoms. The first-order valence-electron chi connectivity index (χ1n) is 5.54. The number of fused-ring (bicyclic) bond motifs is 3. The van der Waals surface area contributed by atoms with Gasteiger partial charge in [-0.1, -0.05) is 18.2 Å². The quantitative estimate of drug-likeness (QED) is 0.745. The molecule has 17 heavy (non-hydrogen) atoms. The van der Waals surface area contributed by atoms with E-state index in [-0.39, 0.29) is 11.7 Å². The summed E-state index contributed by atoms with van der Waals surface area (Å²) in [5.74, 6) is -0.102. The molecule has 1 aromatic carbocycles. The molecular weight excluding hydrogens is 212 g/mol. The lowest BCUT2D eigenvalue weighted by Gasteiger charge is -2.14. The van der Waals surface area contributed by atoms with Crippen LogP contribution in [-0.4, -0.2) is 11.5 Å². The first kappa shape index (κ1) is 10.0. The van der Waals surface area contributed by atoms with E-state index in [9.17, 15) is 4.79 Å². The molecule has 0 aromatic heterocycles. The van der Waals surface area contributed by atoms with Gasteiger partial charge in [0.1, 0.15) is 5.78 Å². The summed E-state index contributed by atoms with van der Waals surface area (Å²) < 4.78 is 0. The normalized spacial score (nSPS) is 20.4. The molecule has 1 aliphatic heterocycles. The third-order valence-corrected chi connectivity index (χ3v) is 3.13. The van der Waals surface area contributed by atoms with Crippen LogP contribution in [0.3, 0.4) is 0 Å². The third kappa shape index (κ3) is 1.43. The largest absolute Gasteiger partial charge is 0.399 e. The van der Waals surface area contributed by atoms with Gasteiger partial charge in [0.15, 0.2) is 0 Å². The minimum absolute atomic E-state index is 0.117. The van der Waals surface area contributed by atoms with Crippen molar-refractivity contribution >= 4 is 28.4 Å². The Morgan fingerprint density at radius 1 is 1.41 bits per heavy atom. The fraction of sp³-hybridized carbons (Fsp3) is 0.143. The first-order chi connectivity index (χ1) is 8.16. The van der Waals surface area contributed by atoms with Gasteiger partial charge in [-0.25, -0.2) is 0 Å². The van der Waals surface area contributed by atoms with Crippen molar-refractivity contribution < 1.29 is 4.79 Å². The summed E-state index contributed by atoms with van der Waals surface area (Å²) in [4.78, 5) is 16.1. The average Bonchev–Trinajstić information content (AvgIpc) is 2.66. The molecule has 3 rings (SSSR count). The van der Waals surface area contributed by atoms with Gasteiger partial charge in [-0.2, -0.15) is 0 Å². The second kappa shape index (κ2) is 3.42. The lowest BCUT2D eigenvalue weighted by atomic mass is 9.87. The van der Waals surface area contributed by atoms with Gasteiger partial charge >= 0.3 is 0 Å². The predicted molar refractivity (Wildman–Crippen MR) is 69.2 cm³/mol. The molecule has 0 amide bonds. The van der Waals surface area contributed by atoms with Crippen LogP contribution in [0.15, 0.2) is 41.4 Å². The molecule has 84 valence electrons. The number of hydrogen-bond acceptors (Lipinski definition) is 3. The summed E-state index contributed by atoms with van der Waals surface area (Å²) in [6.07, 6.45) is 5.79. The predicted octanol–water partition coefficient (Wildman–Crippen LogP) is 2.51. The number of aliphatic imine (C=N–C) groups is 1. The Morgan fingerprint density at radius 2 is 2.24 bits per heavy atom. The summed E-state index contributed by atoms with van der Waals surface area (Å²) in [6, 6.07) is 5.64. The van der Waals surface area contributed by atoms with E-state index in [4.69, 9.17) is 5.73 Å². The SMILES string of the molecule is CC(=O)C1C=CC=C2C1=Nc1ccc(N)cc12. The average molecular weight is 224 g/mol. The molecule has 1 aromatic rings. The van der Waals surface area contributed by atoms with Crippen molar-refractivity contribution in [2.24, 2.45) is 10.9 Å². The Morgan fingerprint density at radius 3 is 3.00 bits per heavy atom. The summed E-state index contributed by atoms with van der Waals surface area (Å²) in [5.41, 5.74) is 10.3. The molecular formula is C14H12N2O. The van der Waals surface area contributed by atoms with Crippen LogP contribution < -0.4 is 5.73 Å². The number of hydrogen-bond donors (Lipinski definition) is 1. The summed E-state index contributed by atoms with van der Waals surface area (Å²) in [7, 11) is 0. The van der Waals surface area contributed by atoms with Crippen molar-refractivity contribution in [3.05, 3.63) is 42.0 Å². The van der Waals surface area contributed by atoms with Crippen molar-refractivity contribution in [1.29, 1.82) is 0 Å². The highest BCUT2D eigenvalue weighted by atomic mass is 16.1. The maximum Gasteiger partial charge on any atom is 0.142 e. The maximum absolute atomic E-state index is 11.6. The van der Waals surface area contributed by atoms with Gasteiger partial charge in [0.05, 0.1) is 17.3 Å². The van der Waals surface area contributed by atoms with Crippen molar-refractivity contribution in [3.63, 3.8) is 0 Å². The highest BCUT2D eigenvalue weighted by Crippen LogP contribution is 2.40. The van der Waals surface area contributed by atoms with Gasteiger partial charge in [-0.3, -0.25) is 9.79 Å². The number of rotatable bonds is 1. The van der Waals surface area contributed by atoms with Crippen LogP contribution in [0.2, 0.25) is 0 Å². The lowest BCUT2D eigenvalue weighted by molar-refractivity contribution is -0.117. The molecule has 1 atom stereocenters. The molecule has 0 bridgehead atoms. The molecule has 2 aliphatic rings. The summed E-state index contributed by atoms with van der Waals surface area (Å²) >= 11 is 0. The van der Waals surface area contributed by atoms with E-state index in [0.717, 1.165) is 28.2 Å². The molecule has 0 saturated carbocycles. The summed E-state index contributed by atoms with van der Waals surface area (Å²) in [6.45, 7) is 1.60. The second-order valence-electron chi connectivity index (χ2n) is 4.33. The zero-order chi connectivity index (χ0) is 12.0. The number of allylic oxidation sites excluding steroid dienone is 4. The Bertz CT molecular complexity index is 609. The van der Waals surface area contributed by atoms with Gasteiger partial charge < -0.3 is 5.73 Å². The highest BCUT2D eigenvalue weighted by Gasteiger charge is 2.30. The second-order valence-corrected chi connectivity index (χ2v) is 4.33. The number of anilines is 1. The van der Waals surface area contributed by atoms with Crippen molar-refractivity contribution in [1.82, 2.24) is 0 Å². The van der Waals surface area contributed by atoms with Gasteiger partial charge in [0, 0.05) is 16.8 Å². The van der Waals surface area contributed by atoms with Gasteiger partial charge in [0.2, 0.25) is 0 Å². The molecule has 1 aliphatic carbocycles. The monoisotopic (exact) mass is 224 g/mol. The molecule has 0 radical (unpaired) electrons. The Hall–Kier alpha value is -2.16. The lowest BCUT2D eigenvalue weighted by Crippen LogP contribution is -2.21. The molecule has 3 nitrogen and oxygen atoms in total. The van der Waals surface area contributed by atoms with Crippen LogP contribution in [0, 0.1) is 5.92 Å². The first-order valence-corrected chi connectivity index (χ1v) is 5.54. The van der Waals surface area contributed by atoms with Crippen LogP contribution in [-0.2, 0) is 4.79 Å². The van der Waals surface area contributed by atoms with Crippen LogP contribution in [0.4, 0.5) is 11.4 Å². The van der Waals surface area contributed by atoms with Gasteiger partial charge in [-0.15, -0.1) is 0 Å². The number of benzene rings is 1. The molecule has 2 N–H and O–H groups in total. The van der Waals surface area contributed by atoms with E-state index in [1.165, 1.54) is 0 Å². The number of ketones is 1. The minimum Gasteiger partial charge on any atom is -0.399 e. The zero-order valence-electron chi connectivity index (χ0n) is 9.47. The van der Waals surface area contributed by atoms with Crippen LogP contribution in [0.1, 0.15) is 12.5 Å². The number of nitrogen functional groups attached to an aromatic ring is 1.